The predicted octanol–water partition coefficient (Wildman–Crippen LogP) is 2.54. The summed E-state index contributed by atoms with van der Waals surface area (Å²) in [6, 6.07) is 3.95. The molecule has 2 atom stereocenters. The van der Waals surface area contributed by atoms with Crippen molar-refractivity contribution < 1.29 is 9.59 Å². The highest BCUT2D eigenvalue weighted by molar-refractivity contribution is 7.99. The van der Waals surface area contributed by atoms with Gasteiger partial charge in [0.1, 0.15) is 5.78 Å². The molecular formula is C16H24N2O2S. The molecular weight excluding hydrogens is 284 g/mol. The first-order valence-electron chi connectivity index (χ1n) is 7.09. The third kappa shape index (κ3) is 6.40. The highest BCUT2D eigenvalue weighted by Gasteiger charge is 2.22. The Hall–Kier alpha value is -1.20. The first-order chi connectivity index (χ1) is 9.91. The van der Waals surface area contributed by atoms with Gasteiger partial charge in [-0.25, -0.2) is 0 Å². The van der Waals surface area contributed by atoms with Gasteiger partial charge in [0.15, 0.2) is 5.78 Å². The van der Waals surface area contributed by atoms with Crippen LogP contribution in [0.25, 0.3) is 0 Å². The van der Waals surface area contributed by atoms with Gasteiger partial charge in [-0.1, -0.05) is 0 Å². The van der Waals surface area contributed by atoms with Gasteiger partial charge in [0.25, 0.3) is 0 Å². The Labute approximate surface area is 131 Å². The van der Waals surface area contributed by atoms with Crippen molar-refractivity contribution in [3.05, 3.63) is 30.1 Å². The number of ketones is 2. The third-order valence-corrected chi connectivity index (χ3v) is 4.77. The van der Waals surface area contributed by atoms with Crippen LogP contribution in [0.3, 0.4) is 0 Å². The number of hydrogen-bond donors (Lipinski definition) is 0. The van der Waals surface area contributed by atoms with Gasteiger partial charge in [0, 0.05) is 47.8 Å². The highest BCUT2D eigenvalue weighted by atomic mass is 32.2. The molecule has 0 bridgehead atoms. The fourth-order valence-electron chi connectivity index (χ4n) is 1.85. The second-order valence-corrected chi connectivity index (χ2v) is 6.63. The Morgan fingerprint density at radius 1 is 1.33 bits per heavy atom. The zero-order valence-electron chi connectivity index (χ0n) is 13.2. The zero-order chi connectivity index (χ0) is 15.8. The molecule has 1 aromatic rings. The number of thioether (sulfide) groups is 1. The monoisotopic (exact) mass is 308 g/mol. The molecule has 0 fully saturated rings. The van der Waals surface area contributed by atoms with Crippen LogP contribution in [0.1, 0.15) is 30.6 Å². The van der Waals surface area contributed by atoms with E-state index in [1.807, 2.05) is 14.1 Å². The molecule has 0 spiro atoms. The smallest absolute Gasteiger partial charge is 0.168 e. The van der Waals surface area contributed by atoms with Crippen LogP contribution in [0.5, 0.6) is 0 Å². The van der Waals surface area contributed by atoms with Crippen molar-refractivity contribution in [1.82, 2.24) is 9.88 Å². The first kappa shape index (κ1) is 17.9. The fraction of sp³-hybridized carbons (Fsp3) is 0.562. The molecule has 1 heterocycles. The van der Waals surface area contributed by atoms with E-state index < -0.39 is 0 Å². The molecule has 21 heavy (non-hydrogen) atoms. The molecule has 0 aliphatic heterocycles. The summed E-state index contributed by atoms with van der Waals surface area (Å²) in [6.07, 6.45) is 3.52. The molecule has 5 heteroatoms. The van der Waals surface area contributed by atoms with E-state index in [1.165, 1.54) is 6.92 Å². The summed E-state index contributed by atoms with van der Waals surface area (Å²) in [6.45, 7) is 3.69. The van der Waals surface area contributed by atoms with E-state index in [0.717, 1.165) is 5.75 Å². The van der Waals surface area contributed by atoms with Crippen LogP contribution >= 0.6 is 11.8 Å². The van der Waals surface area contributed by atoms with Gasteiger partial charge in [-0.2, -0.15) is 11.8 Å². The number of carbonyl (C=O) groups is 2. The molecule has 0 aliphatic carbocycles. The van der Waals surface area contributed by atoms with Crippen LogP contribution in [-0.2, 0) is 4.79 Å². The molecule has 0 aliphatic rings. The number of rotatable bonds is 9. The van der Waals surface area contributed by atoms with E-state index in [9.17, 15) is 9.59 Å². The van der Waals surface area contributed by atoms with Crippen molar-refractivity contribution in [2.75, 3.05) is 25.6 Å². The molecule has 1 aromatic heterocycles. The van der Waals surface area contributed by atoms with Crippen LogP contribution in [-0.4, -0.2) is 53.1 Å². The molecule has 0 saturated heterocycles. The van der Waals surface area contributed by atoms with E-state index >= 15 is 0 Å². The number of Topliss-reactive ketones (excluding diaryl/α,β-unsaturated/α-hetero) is 2. The van der Waals surface area contributed by atoms with Gasteiger partial charge in [-0.15, -0.1) is 0 Å². The Bertz CT molecular complexity index is 463. The van der Waals surface area contributed by atoms with E-state index in [-0.39, 0.29) is 17.5 Å². The minimum absolute atomic E-state index is 0.0170. The lowest BCUT2D eigenvalue weighted by atomic mass is 9.96. The third-order valence-electron chi connectivity index (χ3n) is 3.41. The summed E-state index contributed by atoms with van der Waals surface area (Å²) in [7, 11) is 4.08. The first-order valence-corrected chi connectivity index (χ1v) is 8.25. The molecule has 2 unspecified atom stereocenters. The summed E-state index contributed by atoms with van der Waals surface area (Å²) in [5, 5.41) is 0. The van der Waals surface area contributed by atoms with Crippen LogP contribution in [0.15, 0.2) is 24.5 Å². The van der Waals surface area contributed by atoms with Crippen molar-refractivity contribution in [2.45, 2.75) is 26.3 Å². The molecule has 0 aromatic carbocycles. The topological polar surface area (TPSA) is 50.3 Å². The minimum Gasteiger partial charge on any atom is -0.306 e. The van der Waals surface area contributed by atoms with Crippen molar-refractivity contribution in [3.8, 4) is 0 Å². The molecule has 1 rings (SSSR count). The number of aromatic nitrogens is 1. The number of pyridine rings is 1. The molecule has 4 nitrogen and oxygen atoms in total. The lowest BCUT2D eigenvalue weighted by Gasteiger charge is -2.20. The summed E-state index contributed by atoms with van der Waals surface area (Å²) in [4.78, 5) is 30.0. The SMILES string of the molecule is CC(=O)CC(CSCC(C)N(C)C)C(=O)c1cccnc1. The number of hydrogen-bond acceptors (Lipinski definition) is 5. The Balaban J connectivity index is 2.64. The van der Waals surface area contributed by atoms with Gasteiger partial charge < -0.3 is 9.69 Å². The average molecular weight is 308 g/mol. The Morgan fingerprint density at radius 2 is 2.05 bits per heavy atom. The molecule has 0 radical (unpaired) electrons. The maximum atomic E-state index is 12.5. The summed E-state index contributed by atoms with van der Waals surface area (Å²) < 4.78 is 0. The van der Waals surface area contributed by atoms with Crippen LogP contribution in [0.4, 0.5) is 0 Å². The van der Waals surface area contributed by atoms with Gasteiger partial charge in [0.2, 0.25) is 0 Å². The highest BCUT2D eigenvalue weighted by Crippen LogP contribution is 2.19. The largest absolute Gasteiger partial charge is 0.306 e. The standard InChI is InChI=1S/C16H24N2O2S/c1-12(18(3)4)10-21-11-15(8-13(2)19)16(20)14-6-5-7-17-9-14/h5-7,9,12,15H,8,10-11H2,1-4H3. The molecule has 116 valence electrons. The van der Waals surface area contributed by atoms with Crippen LogP contribution in [0.2, 0.25) is 0 Å². The van der Waals surface area contributed by atoms with Gasteiger partial charge >= 0.3 is 0 Å². The zero-order valence-corrected chi connectivity index (χ0v) is 14.0. The summed E-state index contributed by atoms with van der Waals surface area (Å²) >= 11 is 1.73. The maximum absolute atomic E-state index is 12.5. The lowest BCUT2D eigenvalue weighted by molar-refractivity contribution is -0.117. The maximum Gasteiger partial charge on any atom is 0.168 e. The van der Waals surface area contributed by atoms with Gasteiger partial charge in [-0.3, -0.25) is 9.78 Å². The van der Waals surface area contributed by atoms with E-state index in [4.69, 9.17) is 0 Å². The molecule has 0 N–H and O–H groups in total. The van der Waals surface area contributed by atoms with E-state index in [1.54, 1.807) is 36.3 Å². The quantitative estimate of drug-likeness (QED) is 0.656. The van der Waals surface area contributed by atoms with Crippen LogP contribution < -0.4 is 0 Å². The minimum atomic E-state index is -0.258. The van der Waals surface area contributed by atoms with Crippen molar-refractivity contribution in [2.24, 2.45) is 5.92 Å². The second kappa shape index (κ2) is 8.95. The molecule has 0 amide bonds. The fourth-order valence-corrected chi connectivity index (χ4v) is 3.18. The van der Waals surface area contributed by atoms with Crippen LogP contribution in [0, 0.1) is 5.92 Å². The van der Waals surface area contributed by atoms with Crippen molar-refractivity contribution in [3.63, 3.8) is 0 Å². The number of carbonyl (C=O) groups excluding carboxylic acids is 2. The number of nitrogens with zero attached hydrogens (tertiary/aromatic N) is 2. The average Bonchev–Trinajstić information content (AvgIpc) is 2.45. The van der Waals surface area contributed by atoms with Gasteiger partial charge in [-0.05, 0) is 40.1 Å². The second-order valence-electron chi connectivity index (χ2n) is 5.56. The van der Waals surface area contributed by atoms with Crippen molar-refractivity contribution >= 4 is 23.3 Å². The van der Waals surface area contributed by atoms with E-state index in [2.05, 4.69) is 16.8 Å². The van der Waals surface area contributed by atoms with Gasteiger partial charge in [0.05, 0.1) is 0 Å². The Morgan fingerprint density at radius 3 is 2.57 bits per heavy atom. The normalized spacial score (nSPS) is 14.0. The molecule has 0 saturated carbocycles. The van der Waals surface area contributed by atoms with E-state index in [0.29, 0.717) is 23.8 Å². The summed E-state index contributed by atoms with van der Waals surface area (Å²) in [5.41, 5.74) is 0.588. The Kier molecular flexibility index (Phi) is 7.61. The van der Waals surface area contributed by atoms with Crippen molar-refractivity contribution in [1.29, 1.82) is 0 Å². The predicted molar refractivity (Wildman–Crippen MR) is 87.8 cm³/mol. The summed E-state index contributed by atoms with van der Waals surface area (Å²) in [5.74, 6) is 1.43. The lowest BCUT2D eigenvalue weighted by Crippen LogP contribution is -2.28.